The number of hydrogen-bond acceptors (Lipinski definition) is 5. The second kappa shape index (κ2) is 3.97. The van der Waals surface area contributed by atoms with Crippen LogP contribution in [0.2, 0.25) is 0 Å². The van der Waals surface area contributed by atoms with Gasteiger partial charge < -0.3 is 25.2 Å². The molecule has 0 radical (unpaired) electrons. The minimum atomic E-state index is -1.40. The first kappa shape index (κ1) is 10.3. The van der Waals surface area contributed by atoms with Gasteiger partial charge in [0.15, 0.2) is 0 Å². The summed E-state index contributed by atoms with van der Waals surface area (Å²) in [4.78, 5) is 10.2. The molecule has 5 heteroatoms. The molecule has 0 fully saturated rings. The van der Waals surface area contributed by atoms with Crippen LogP contribution in [0.5, 0.6) is 11.5 Å². The first-order chi connectivity index (χ1) is 6.49. The zero-order valence-corrected chi connectivity index (χ0v) is 7.17. The topological polar surface area (TPSA) is 101 Å². The van der Waals surface area contributed by atoms with Crippen molar-refractivity contribution >= 4 is 5.97 Å². The van der Waals surface area contributed by atoms with Crippen molar-refractivity contribution in [1.29, 1.82) is 0 Å². The normalized spacial score (nSPS) is 12.4. The molecule has 0 aliphatic heterocycles. The Balaban J connectivity index is 2.89. The highest BCUT2D eigenvalue weighted by atomic mass is 16.4. The number of phenols is 2. The van der Waals surface area contributed by atoms with Gasteiger partial charge in [-0.2, -0.15) is 0 Å². The van der Waals surface area contributed by atoms with Gasteiger partial charge in [0, 0.05) is 18.5 Å². The maximum atomic E-state index is 10.2. The fraction of sp³-hybridized carbons (Fsp3) is 0.222. The molecular weight excluding hydrogens is 188 g/mol. The Kier molecular flexibility index (Phi) is 2.93. The molecule has 1 rings (SSSR count). The van der Waals surface area contributed by atoms with Gasteiger partial charge in [0.05, 0.1) is 6.10 Å². The van der Waals surface area contributed by atoms with Crippen molar-refractivity contribution in [2.24, 2.45) is 0 Å². The van der Waals surface area contributed by atoms with Crippen molar-refractivity contribution in [1.82, 2.24) is 0 Å². The zero-order valence-electron chi connectivity index (χ0n) is 7.17. The third kappa shape index (κ3) is 2.63. The summed E-state index contributed by atoms with van der Waals surface area (Å²) in [6.07, 6.45) is -1.87. The van der Waals surface area contributed by atoms with Crippen molar-refractivity contribution in [2.75, 3.05) is 0 Å². The van der Waals surface area contributed by atoms with Crippen LogP contribution in [0.15, 0.2) is 18.2 Å². The van der Waals surface area contributed by atoms with E-state index < -0.39 is 18.5 Å². The minimum Gasteiger partial charge on any atom is -0.550 e. The molecule has 1 aromatic rings. The molecule has 0 aliphatic carbocycles. The van der Waals surface area contributed by atoms with Gasteiger partial charge in [-0.1, -0.05) is 0 Å². The van der Waals surface area contributed by atoms with E-state index in [0.717, 1.165) is 6.07 Å². The van der Waals surface area contributed by atoms with E-state index in [4.69, 9.17) is 10.2 Å². The third-order valence-corrected chi connectivity index (χ3v) is 1.67. The van der Waals surface area contributed by atoms with E-state index in [9.17, 15) is 15.0 Å². The molecule has 0 saturated heterocycles. The SMILES string of the molecule is O=C([O-])CC(O)c1cc(O)cc(O)c1. The summed E-state index contributed by atoms with van der Waals surface area (Å²) >= 11 is 0. The van der Waals surface area contributed by atoms with Crippen LogP contribution in [0.4, 0.5) is 0 Å². The summed E-state index contributed by atoms with van der Waals surface area (Å²) in [6, 6.07) is 3.43. The lowest BCUT2D eigenvalue weighted by Crippen LogP contribution is -2.24. The summed E-state index contributed by atoms with van der Waals surface area (Å²) in [5.74, 6) is -1.88. The Hall–Kier alpha value is -1.75. The summed E-state index contributed by atoms with van der Waals surface area (Å²) < 4.78 is 0. The van der Waals surface area contributed by atoms with Crippen molar-refractivity contribution < 1.29 is 25.2 Å². The van der Waals surface area contributed by atoms with Crippen molar-refractivity contribution in [2.45, 2.75) is 12.5 Å². The lowest BCUT2D eigenvalue weighted by Gasteiger charge is -2.11. The number of aliphatic hydroxyl groups excluding tert-OH is 1. The Bertz CT molecular complexity index is 327. The van der Waals surface area contributed by atoms with Crippen LogP contribution < -0.4 is 5.11 Å². The van der Waals surface area contributed by atoms with E-state index in [1.54, 1.807) is 0 Å². The second-order valence-corrected chi connectivity index (χ2v) is 2.87. The van der Waals surface area contributed by atoms with Crippen molar-refractivity contribution in [3.8, 4) is 11.5 Å². The summed E-state index contributed by atoms with van der Waals surface area (Å²) in [7, 11) is 0. The number of rotatable bonds is 3. The number of aromatic hydroxyl groups is 2. The molecule has 0 heterocycles. The van der Waals surface area contributed by atoms with Gasteiger partial charge in [-0.05, 0) is 17.7 Å². The number of carboxylic acid groups (broad SMARTS) is 1. The van der Waals surface area contributed by atoms with Crippen LogP contribution in [0.1, 0.15) is 18.1 Å². The first-order valence-corrected chi connectivity index (χ1v) is 3.90. The van der Waals surface area contributed by atoms with Crippen LogP contribution in [0.3, 0.4) is 0 Å². The molecule has 1 unspecified atom stereocenters. The number of phenolic OH excluding ortho intramolecular Hbond substituents is 2. The number of carbonyl (C=O) groups excluding carboxylic acids is 1. The predicted molar refractivity (Wildman–Crippen MR) is 44.4 cm³/mol. The first-order valence-electron chi connectivity index (χ1n) is 3.90. The monoisotopic (exact) mass is 197 g/mol. The van der Waals surface area contributed by atoms with Crippen LogP contribution >= 0.6 is 0 Å². The predicted octanol–water partition coefficient (Wildman–Crippen LogP) is -0.729. The van der Waals surface area contributed by atoms with Gasteiger partial charge in [0.2, 0.25) is 0 Å². The van der Waals surface area contributed by atoms with Gasteiger partial charge in [0.1, 0.15) is 11.5 Å². The number of carboxylic acids is 1. The number of hydrogen-bond donors (Lipinski definition) is 3. The Labute approximate surface area is 79.9 Å². The van der Waals surface area contributed by atoms with Crippen LogP contribution in [0, 0.1) is 0 Å². The quantitative estimate of drug-likeness (QED) is 0.593. The van der Waals surface area contributed by atoms with E-state index in [2.05, 4.69) is 0 Å². The molecule has 5 nitrogen and oxygen atoms in total. The molecular formula is C9H9O5-. The van der Waals surface area contributed by atoms with E-state index in [1.807, 2.05) is 0 Å². The van der Waals surface area contributed by atoms with Crippen molar-refractivity contribution in [3.05, 3.63) is 23.8 Å². The average molecular weight is 197 g/mol. The summed E-state index contributed by atoms with van der Waals surface area (Å²) in [5.41, 5.74) is 0.131. The largest absolute Gasteiger partial charge is 0.550 e. The lowest BCUT2D eigenvalue weighted by atomic mass is 10.1. The number of aliphatic carboxylic acids is 1. The summed E-state index contributed by atoms with van der Waals surface area (Å²) in [6.45, 7) is 0. The molecule has 0 bridgehead atoms. The van der Waals surface area contributed by atoms with E-state index in [1.165, 1.54) is 12.1 Å². The fourth-order valence-corrected chi connectivity index (χ4v) is 1.09. The highest BCUT2D eigenvalue weighted by Crippen LogP contribution is 2.26. The molecule has 0 spiro atoms. The number of carbonyl (C=O) groups is 1. The summed E-state index contributed by atoms with van der Waals surface area (Å²) in [5, 5.41) is 37.5. The third-order valence-electron chi connectivity index (χ3n) is 1.67. The van der Waals surface area contributed by atoms with Gasteiger partial charge in [-0.25, -0.2) is 0 Å². The standard InChI is InChI=1S/C9H10O5/c10-6-1-5(2-7(11)3-6)8(12)4-9(13)14/h1-3,8,10-12H,4H2,(H,13,14)/p-1. The Morgan fingerprint density at radius 3 is 2.21 bits per heavy atom. The molecule has 76 valence electrons. The molecule has 3 N–H and O–H groups in total. The van der Waals surface area contributed by atoms with E-state index >= 15 is 0 Å². The minimum absolute atomic E-state index is 0.131. The van der Waals surface area contributed by atoms with Gasteiger partial charge >= 0.3 is 0 Å². The van der Waals surface area contributed by atoms with Crippen molar-refractivity contribution in [3.63, 3.8) is 0 Å². The van der Waals surface area contributed by atoms with Gasteiger partial charge in [-0.15, -0.1) is 0 Å². The van der Waals surface area contributed by atoms with Crippen LogP contribution in [0.25, 0.3) is 0 Å². The van der Waals surface area contributed by atoms with Crippen LogP contribution in [-0.4, -0.2) is 21.3 Å². The van der Waals surface area contributed by atoms with E-state index in [-0.39, 0.29) is 17.1 Å². The van der Waals surface area contributed by atoms with Gasteiger partial charge in [0.25, 0.3) is 0 Å². The molecule has 1 atom stereocenters. The Morgan fingerprint density at radius 2 is 1.79 bits per heavy atom. The maximum absolute atomic E-state index is 10.2. The number of aliphatic hydroxyl groups is 1. The molecule has 14 heavy (non-hydrogen) atoms. The highest BCUT2D eigenvalue weighted by molar-refractivity contribution is 5.65. The fourth-order valence-electron chi connectivity index (χ4n) is 1.09. The van der Waals surface area contributed by atoms with E-state index in [0.29, 0.717) is 0 Å². The number of benzene rings is 1. The molecule has 0 aliphatic rings. The average Bonchev–Trinajstić information content (AvgIpc) is 2.00. The second-order valence-electron chi connectivity index (χ2n) is 2.87. The molecule has 1 aromatic carbocycles. The molecule has 0 saturated carbocycles. The van der Waals surface area contributed by atoms with Gasteiger partial charge in [-0.3, -0.25) is 0 Å². The molecule has 0 amide bonds. The molecule has 0 aromatic heterocycles. The highest BCUT2D eigenvalue weighted by Gasteiger charge is 2.09. The maximum Gasteiger partial charge on any atom is 0.119 e. The zero-order chi connectivity index (χ0) is 10.7. The van der Waals surface area contributed by atoms with Crippen LogP contribution in [-0.2, 0) is 4.79 Å². The lowest BCUT2D eigenvalue weighted by molar-refractivity contribution is -0.307. The Morgan fingerprint density at radius 1 is 1.29 bits per heavy atom. The smallest absolute Gasteiger partial charge is 0.119 e.